The Morgan fingerprint density at radius 3 is 2.21 bits per heavy atom. The molecule has 0 bridgehead atoms. The zero-order valence-corrected chi connectivity index (χ0v) is 15.8. The monoisotopic (exact) mass is 385 g/mol. The number of halogens is 3. The van der Waals surface area contributed by atoms with E-state index in [9.17, 15) is 4.79 Å². The maximum atomic E-state index is 12.5. The average Bonchev–Trinajstić information content (AvgIpc) is 2.52. The van der Waals surface area contributed by atoms with E-state index < -0.39 is 9.96 Å². The first-order chi connectivity index (χ1) is 11.3. The summed E-state index contributed by atoms with van der Waals surface area (Å²) in [4.78, 5) is 13.3. The molecule has 0 aliphatic heterocycles. The molecule has 128 valence electrons. The van der Waals surface area contributed by atoms with Crippen molar-refractivity contribution < 1.29 is 9.69 Å². The number of alkyl halides is 3. The highest BCUT2D eigenvalue weighted by atomic mass is 35.6. The van der Waals surface area contributed by atoms with Crippen LogP contribution in [0.4, 0.5) is 0 Å². The molecule has 1 amide bonds. The zero-order chi connectivity index (χ0) is 17.7. The van der Waals surface area contributed by atoms with Gasteiger partial charge < -0.3 is 4.90 Å². The van der Waals surface area contributed by atoms with Crippen LogP contribution in [0.3, 0.4) is 0 Å². The Morgan fingerprint density at radius 2 is 1.67 bits per heavy atom. The summed E-state index contributed by atoms with van der Waals surface area (Å²) >= 11 is 18.3. The molecule has 1 unspecified atom stereocenters. The zero-order valence-electron chi connectivity index (χ0n) is 13.5. The van der Waals surface area contributed by atoms with Gasteiger partial charge in [-0.25, -0.2) is 0 Å². The van der Waals surface area contributed by atoms with Crippen molar-refractivity contribution >= 4 is 40.7 Å². The maximum Gasteiger partial charge on any atom is 0.262 e. The van der Waals surface area contributed by atoms with Crippen LogP contribution in [0, 0.1) is 6.92 Å². The number of rotatable bonds is 5. The van der Waals surface area contributed by atoms with Crippen molar-refractivity contribution in [3.05, 3.63) is 71.3 Å². The van der Waals surface area contributed by atoms with Gasteiger partial charge in [0.1, 0.15) is 6.54 Å². The molecule has 24 heavy (non-hydrogen) atoms. The van der Waals surface area contributed by atoms with E-state index in [0.29, 0.717) is 12.1 Å². The van der Waals surface area contributed by atoms with E-state index in [1.165, 1.54) is 0 Å². The van der Waals surface area contributed by atoms with Crippen LogP contribution in [-0.2, 0) is 6.54 Å². The molecular formula is C18H20Cl3N2O+. The minimum atomic E-state index is -1.63. The minimum Gasteiger partial charge on any atom is -0.310 e. The summed E-state index contributed by atoms with van der Waals surface area (Å²) in [6, 6.07) is 17.1. The fourth-order valence-electron chi connectivity index (χ4n) is 2.42. The molecule has 0 aromatic heterocycles. The number of aryl methyl sites for hydroxylation is 1. The Hall–Kier alpha value is -1.26. The Kier molecular flexibility index (Phi) is 6.53. The fourth-order valence-corrected chi connectivity index (χ4v) is 3.15. The van der Waals surface area contributed by atoms with Crippen molar-refractivity contribution in [1.29, 1.82) is 0 Å². The van der Waals surface area contributed by atoms with E-state index in [0.717, 1.165) is 16.0 Å². The highest BCUT2D eigenvalue weighted by Crippen LogP contribution is 2.28. The normalized spacial score (nSPS) is 14.0. The number of hydrogen-bond donors (Lipinski definition) is 2. The first-order valence-corrected chi connectivity index (χ1v) is 8.71. The van der Waals surface area contributed by atoms with Crippen molar-refractivity contribution in [2.45, 2.75) is 23.4 Å². The molecule has 3 nitrogen and oxygen atoms in total. The number of amides is 1. The lowest BCUT2D eigenvalue weighted by Gasteiger charge is -2.30. The standard InChI is InChI=1S/C18H19Cl3N2O/c1-13-8-10-15(11-9-13)16(24)22-17(18(19,20)21)23(2)12-14-6-4-3-5-7-14/h3-11,17H,12H2,1-2H3,(H,22,24)/p+1/t17-/m1/s1. The molecule has 2 N–H and O–H groups in total. The van der Waals surface area contributed by atoms with Crippen molar-refractivity contribution in [3.63, 3.8) is 0 Å². The first-order valence-electron chi connectivity index (χ1n) is 7.58. The number of carbonyl (C=O) groups excluding carboxylic acids is 1. The topological polar surface area (TPSA) is 33.5 Å². The molecule has 0 heterocycles. The summed E-state index contributed by atoms with van der Waals surface area (Å²) < 4.78 is -1.63. The van der Waals surface area contributed by atoms with Gasteiger partial charge >= 0.3 is 0 Å². The van der Waals surface area contributed by atoms with Gasteiger partial charge in [-0.3, -0.25) is 10.1 Å². The van der Waals surface area contributed by atoms with Crippen molar-refractivity contribution in [3.8, 4) is 0 Å². The molecule has 0 spiro atoms. The van der Waals surface area contributed by atoms with Gasteiger partial charge in [-0.1, -0.05) is 82.8 Å². The minimum absolute atomic E-state index is 0.265. The maximum absolute atomic E-state index is 12.5. The van der Waals surface area contributed by atoms with E-state index in [1.807, 2.05) is 56.4 Å². The second kappa shape index (κ2) is 8.21. The summed E-state index contributed by atoms with van der Waals surface area (Å²) in [5.41, 5.74) is 2.71. The van der Waals surface area contributed by atoms with Crippen molar-refractivity contribution in [2.24, 2.45) is 0 Å². The van der Waals surface area contributed by atoms with Crippen LogP contribution in [0.1, 0.15) is 21.5 Å². The van der Waals surface area contributed by atoms with E-state index in [2.05, 4.69) is 5.32 Å². The number of nitrogens with one attached hydrogen (secondary N) is 2. The molecular weight excluding hydrogens is 367 g/mol. The largest absolute Gasteiger partial charge is 0.310 e. The number of quaternary nitrogens is 1. The van der Waals surface area contributed by atoms with Gasteiger partial charge in [0.25, 0.3) is 9.70 Å². The Morgan fingerprint density at radius 1 is 1.08 bits per heavy atom. The fraction of sp³-hybridized carbons (Fsp3) is 0.278. The molecule has 2 aromatic carbocycles. The Labute approximate surface area is 157 Å². The van der Waals surface area contributed by atoms with Crippen LogP contribution in [0.25, 0.3) is 0 Å². The highest BCUT2D eigenvalue weighted by Gasteiger charge is 2.40. The van der Waals surface area contributed by atoms with E-state index >= 15 is 0 Å². The van der Waals surface area contributed by atoms with Crippen LogP contribution in [0.5, 0.6) is 0 Å². The molecule has 2 rings (SSSR count). The molecule has 2 atom stereocenters. The van der Waals surface area contributed by atoms with Crippen LogP contribution in [0.15, 0.2) is 54.6 Å². The van der Waals surface area contributed by atoms with Crippen molar-refractivity contribution in [1.82, 2.24) is 5.32 Å². The SMILES string of the molecule is Cc1ccc(C(=O)N[C@H]([NH+](C)Cc2ccccc2)C(Cl)(Cl)Cl)cc1. The third kappa shape index (κ3) is 5.38. The van der Waals surface area contributed by atoms with Gasteiger partial charge in [0.15, 0.2) is 0 Å². The van der Waals surface area contributed by atoms with Crippen molar-refractivity contribution in [2.75, 3.05) is 7.05 Å². The molecule has 2 aromatic rings. The predicted molar refractivity (Wildman–Crippen MR) is 99.8 cm³/mol. The highest BCUT2D eigenvalue weighted by molar-refractivity contribution is 6.68. The smallest absolute Gasteiger partial charge is 0.262 e. The molecule has 0 radical (unpaired) electrons. The average molecular weight is 387 g/mol. The van der Waals surface area contributed by atoms with Gasteiger partial charge in [-0.05, 0) is 19.1 Å². The lowest BCUT2D eigenvalue weighted by molar-refractivity contribution is -0.921. The van der Waals surface area contributed by atoms with Gasteiger partial charge in [-0.2, -0.15) is 0 Å². The summed E-state index contributed by atoms with van der Waals surface area (Å²) in [6.45, 7) is 2.58. The lowest BCUT2D eigenvalue weighted by Crippen LogP contribution is -3.15. The summed E-state index contributed by atoms with van der Waals surface area (Å²) in [5, 5.41) is 2.84. The molecule has 0 saturated heterocycles. The Bertz CT molecular complexity index is 669. The Balaban J connectivity index is 2.13. The molecule has 6 heteroatoms. The second-order valence-electron chi connectivity index (χ2n) is 5.82. The predicted octanol–water partition coefficient (Wildman–Crippen LogP) is 3.14. The van der Waals surface area contributed by atoms with Crippen LogP contribution < -0.4 is 10.2 Å². The molecule has 0 fully saturated rings. The van der Waals surface area contributed by atoms with E-state index in [-0.39, 0.29) is 5.91 Å². The van der Waals surface area contributed by atoms with E-state index in [1.54, 1.807) is 12.1 Å². The number of hydrogen-bond acceptors (Lipinski definition) is 1. The van der Waals surface area contributed by atoms with Crippen LogP contribution in [-0.4, -0.2) is 22.9 Å². The number of carbonyl (C=O) groups is 1. The first kappa shape index (κ1) is 19.1. The van der Waals surface area contributed by atoms with E-state index in [4.69, 9.17) is 34.8 Å². The molecule has 0 aliphatic rings. The third-order valence-electron chi connectivity index (χ3n) is 3.74. The van der Waals surface area contributed by atoms with Gasteiger partial charge in [0.05, 0.1) is 7.05 Å². The number of benzene rings is 2. The van der Waals surface area contributed by atoms with Crippen LogP contribution >= 0.6 is 34.8 Å². The van der Waals surface area contributed by atoms with Crippen LogP contribution in [0.2, 0.25) is 0 Å². The molecule has 0 aliphatic carbocycles. The lowest BCUT2D eigenvalue weighted by atomic mass is 10.1. The second-order valence-corrected chi connectivity index (χ2v) is 8.19. The quantitative estimate of drug-likeness (QED) is 0.601. The summed E-state index contributed by atoms with van der Waals surface area (Å²) in [6.07, 6.45) is -0.684. The summed E-state index contributed by atoms with van der Waals surface area (Å²) in [7, 11) is 1.88. The van der Waals surface area contributed by atoms with Gasteiger partial charge in [0, 0.05) is 11.1 Å². The van der Waals surface area contributed by atoms with Gasteiger partial charge in [-0.15, -0.1) is 0 Å². The summed E-state index contributed by atoms with van der Waals surface area (Å²) in [5.74, 6) is -0.265. The third-order valence-corrected chi connectivity index (χ3v) is 4.39. The van der Waals surface area contributed by atoms with Gasteiger partial charge in [0.2, 0.25) is 6.17 Å². The molecule has 0 saturated carbocycles.